The molecule has 2 aliphatic rings. The Kier molecular flexibility index (Phi) is 6.53. The van der Waals surface area contributed by atoms with Gasteiger partial charge in [-0.15, -0.1) is 11.3 Å². The number of benzene rings is 1. The topological polar surface area (TPSA) is 77.8 Å². The van der Waals surface area contributed by atoms with Crippen LogP contribution in [0.5, 0.6) is 0 Å². The van der Waals surface area contributed by atoms with E-state index in [1.807, 2.05) is 43.0 Å². The predicted molar refractivity (Wildman–Crippen MR) is 121 cm³/mol. The highest BCUT2D eigenvalue weighted by Gasteiger charge is 2.38. The first-order valence-corrected chi connectivity index (χ1v) is 11.2. The van der Waals surface area contributed by atoms with Crippen LogP contribution in [0.2, 0.25) is 0 Å². The zero-order chi connectivity index (χ0) is 20.3. The molecular formula is C21H24BrN5S. The third-order valence-electron chi connectivity index (χ3n) is 4.64. The molecule has 3 heterocycles. The molecule has 2 unspecified atom stereocenters. The molecule has 1 aromatic heterocycles. The van der Waals surface area contributed by atoms with Gasteiger partial charge in [-0.3, -0.25) is 9.89 Å². The van der Waals surface area contributed by atoms with Gasteiger partial charge in [-0.2, -0.15) is 5.26 Å². The maximum atomic E-state index is 9.11. The standard InChI is InChI=1S/C19H18BrN5S.C2H6/c1-11-8-23-18-16(20)17(24-19(22)25(18)9-11)15-6-14(10-26-15)13-4-2-3-12(5-13)7-21;1-2/h2-6,10-11,16-17H,8-9H2,1H3,(H2,22,24);1-2H3/t11?,16?,17-;/m1./s1. The van der Waals surface area contributed by atoms with Gasteiger partial charge in [-0.25, -0.2) is 4.99 Å². The molecule has 146 valence electrons. The van der Waals surface area contributed by atoms with Crippen LogP contribution in [-0.4, -0.2) is 34.6 Å². The van der Waals surface area contributed by atoms with Gasteiger partial charge < -0.3 is 5.73 Å². The largest absolute Gasteiger partial charge is 0.369 e. The molecule has 0 bridgehead atoms. The van der Waals surface area contributed by atoms with Crippen LogP contribution in [0.15, 0.2) is 45.7 Å². The van der Waals surface area contributed by atoms with Crippen molar-refractivity contribution >= 4 is 39.1 Å². The van der Waals surface area contributed by atoms with E-state index in [2.05, 4.69) is 40.4 Å². The second kappa shape index (κ2) is 8.89. The first-order valence-electron chi connectivity index (χ1n) is 9.45. The van der Waals surface area contributed by atoms with E-state index in [0.29, 0.717) is 17.4 Å². The fraction of sp³-hybridized carbons (Fsp3) is 0.381. The lowest BCUT2D eigenvalue weighted by Crippen LogP contribution is -2.54. The van der Waals surface area contributed by atoms with Gasteiger partial charge in [-0.1, -0.05) is 48.8 Å². The Morgan fingerprint density at radius 2 is 2.07 bits per heavy atom. The van der Waals surface area contributed by atoms with Crippen LogP contribution in [0.25, 0.3) is 11.1 Å². The molecule has 0 aliphatic carbocycles. The summed E-state index contributed by atoms with van der Waals surface area (Å²) >= 11 is 5.46. The van der Waals surface area contributed by atoms with E-state index in [1.165, 1.54) is 0 Å². The van der Waals surface area contributed by atoms with Crippen LogP contribution in [0.3, 0.4) is 0 Å². The second-order valence-corrected chi connectivity index (χ2v) is 8.61. The van der Waals surface area contributed by atoms with Crippen LogP contribution in [0.1, 0.15) is 37.3 Å². The summed E-state index contributed by atoms with van der Waals surface area (Å²) in [7, 11) is 0. The summed E-state index contributed by atoms with van der Waals surface area (Å²) in [4.78, 5) is 12.6. The number of nitrogens with zero attached hydrogens (tertiary/aromatic N) is 4. The number of alkyl halides is 1. The number of guanidine groups is 1. The Hall–Kier alpha value is -2.17. The Labute approximate surface area is 178 Å². The first-order chi connectivity index (χ1) is 13.6. The molecular weight excluding hydrogens is 434 g/mol. The van der Waals surface area contributed by atoms with E-state index in [0.717, 1.165) is 34.9 Å². The summed E-state index contributed by atoms with van der Waals surface area (Å²) in [6, 6.07) is 11.9. The molecule has 2 aliphatic heterocycles. The summed E-state index contributed by atoms with van der Waals surface area (Å²) in [5, 5.41) is 11.2. The maximum Gasteiger partial charge on any atom is 0.197 e. The van der Waals surface area contributed by atoms with Gasteiger partial charge in [0, 0.05) is 18.0 Å². The number of thiophene rings is 1. The molecule has 3 atom stereocenters. The number of halogens is 1. The van der Waals surface area contributed by atoms with E-state index in [1.54, 1.807) is 11.3 Å². The predicted octanol–water partition coefficient (Wildman–Crippen LogP) is 4.80. The fourth-order valence-corrected chi connectivity index (χ4v) is 5.26. The minimum atomic E-state index is -0.0868. The van der Waals surface area contributed by atoms with Crippen LogP contribution < -0.4 is 5.73 Å². The van der Waals surface area contributed by atoms with Crippen molar-refractivity contribution < 1.29 is 0 Å². The lowest BCUT2D eigenvalue weighted by atomic mass is 10.0. The molecule has 0 saturated heterocycles. The fourth-order valence-electron chi connectivity index (χ4n) is 3.30. The highest BCUT2D eigenvalue weighted by molar-refractivity contribution is 9.10. The van der Waals surface area contributed by atoms with Crippen LogP contribution in [0, 0.1) is 17.2 Å². The number of hydrogen-bond acceptors (Lipinski definition) is 6. The Bertz CT molecular complexity index is 942. The number of amidine groups is 1. The van der Waals surface area contributed by atoms with Crippen molar-refractivity contribution in [1.29, 1.82) is 5.26 Å². The summed E-state index contributed by atoms with van der Waals surface area (Å²) < 4.78 is 0. The summed E-state index contributed by atoms with van der Waals surface area (Å²) in [5.74, 6) is 1.99. The molecule has 2 N–H and O–H groups in total. The maximum absolute atomic E-state index is 9.11. The third kappa shape index (κ3) is 3.98. The average molecular weight is 458 g/mol. The van der Waals surface area contributed by atoms with Crippen molar-refractivity contribution in [3.8, 4) is 17.2 Å². The zero-order valence-electron chi connectivity index (χ0n) is 16.3. The van der Waals surface area contributed by atoms with Crippen molar-refractivity contribution in [1.82, 2.24) is 4.90 Å². The van der Waals surface area contributed by atoms with E-state index >= 15 is 0 Å². The number of rotatable bonds is 2. The Morgan fingerprint density at radius 3 is 2.82 bits per heavy atom. The number of nitriles is 1. The van der Waals surface area contributed by atoms with Gasteiger partial charge in [0.2, 0.25) is 0 Å². The SMILES string of the molecule is CC.CC1CN=C2C(Br)[C@@H](c3cc(-c4cccc(C#N)c4)cs3)N=C(N)N2C1. The number of fused-ring (bicyclic) bond motifs is 1. The molecule has 2 aromatic rings. The minimum absolute atomic E-state index is 0.0132. The van der Waals surface area contributed by atoms with Crippen LogP contribution in [-0.2, 0) is 0 Å². The zero-order valence-corrected chi connectivity index (χ0v) is 18.7. The normalized spacial score (nSPS) is 23.5. The molecule has 7 heteroatoms. The van der Waals surface area contributed by atoms with Crippen LogP contribution >= 0.6 is 27.3 Å². The molecule has 1 aromatic carbocycles. The molecule has 0 saturated carbocycles. The van der Waals surface area contributed by atoms with Crippen molar-refractivity contribution in [2.45, 2.75) is 31.6 Å². The highest BCUT2D eigenvalue weighted by atomic mass is 79.9. The van der Waals surface area contributed by atoms with E-state index in [4.69, 9.17) is 21.0 Å². The van der Waals surface area contributed by atoms with Crippen molar-refractivity contribution in [2.75, 3.05) is 13.1 Å². The van der Waals surface area contributed by atoms with Gasteiger partial charge in [-0.05, 0) is 40.6 Å². The smallest absolute Gasteiger partial charge is 0.197 e. The lowest BCUT2D eigenvalue weighted by molar-refractivity contribution is 0.414. The van der Waals surface area contributed by atoms with Gasteiger partial charge >= 0.3 is 0 Å². The first kappa shape index (κ1) is 20.6. The number of aliphatic imine (C=N–C) groups is 2. The van der Waals surface area contributed by atoms with Gasteiger partial charge in [0.1, 0.15) is 11.9 Å². The summed E-state index contributed by atoms with van der Waals surface area (Å²) in [6.07, 6.45) is 0. The summed E-state index contributed by atoms with van der Waals surface area (Å²) in [6.45, 7) is 7.86. The van der Waals surface area contributed by atoms with E-state index in [-0.39, 0.29) is 10.9 Å². The molecule has 28 heavy (non-hydrogen) atoms. The van der Waals surface area contributed by atoms with E-state index < -0.39 is 0 Å². The van der Waals surface area contributed by atoms with Crippen molar-refractivity contribution in [3.05, 3.63) is 46.2 Å². The van der Waals surface area contributed by atoms with E-state index in [9.17, 15) is 0 Å². The molecule has 0 amide bonds. The molecule has 0 radical (unpaired) electrons. The van der Waals surface area contributed by atoms with Crippen molar-refractivity contribution in [3.63, 3.8) is 0 Å². The Balaban J connectivity index is 0.00000109. The minimum Gasteiger partial charge on any atom is -0.369 e. The molecule has 4 rings (SSSR count). The summed E-state index contributed by atoms with van der Waals surface area (Å²) in [5.41, 5.74) is 9.03. The third-order valence-corrected chi connectivity index (χ3v) is 6.56. The van der Waals surface area contributed by atoms with Gasteiger partial charge in [0.05, 0.1) is 16.5 Å². The lowest BCUT2D eigenvalue weighted by Gasteiger charge is -2.39. The molecule has 0 fully saturated rings. The second-order valence-electron chi connectivity index (χ2n) is 6.68. The Morgan fingerprint density at radius 1 is 1.29 bits per heavy atom. The van der Waals surface area contributed by atoms with Crippen LogP contribution in [0.4, 0.5) is 0 Å². The average Bonchev–Trinajstić information content (AvgIpc) is 3.22. The number of hydrogen-bond donors (Lipinski definition) is 1. The van der Waals surface area contributed by atoms with Crippen molar-refractivity contribution in [2.24, 2.45) is 21.6 Å². The highest BCUT2D eigenvalue weighted by Crippen LogP contribution is 2.38. The quantitative estimate of drug-likeness (QED) is 0.657. The molecule has 5 nitrogen and oxygen atoms in total. The van der Waals surface area contributed by atoms with Gasteiger partial charge in [0.25, 0.3) is 0 Å². The molecule has 0 spiro atoms. The monoisotopic (exact) mass is 457 g/mol. The number of nitrogens with two attached hydrogens (primary N) is 1. The van der Waals surface area contributed by atoms with Gasteiger partial charge in [0.15, 0.2) is 5.96 Å².